The highest BCUT2D eigenvalue weighted by Crippen LogP contribution is 2.26. The van der Waals surface area contributed by atoms with Gasteiger partial charge in [-0.15, -0.1) is 0 Å². The number of carbonyl (C=O) groups excluding carboxylic acids is 2. The van der Waals surface area contributed by atoms with Gasteiger partial charge in [-0.25, -0.2) is 0 Å². The normalized spacial score (nSPS) is 20.4. The monoisotopic (exact) mass is 336 g/mol. The number of likely N-dealkylation sites (tertiary alicyclic amines) is 1. The molecule has 0 spiro atoms. The zero-order valence-corrected chi connectivity index (χ0v) is 13.9. The van der Waals surface area contributed by atoms with E-state index in [4.69, 9.17) is 16.3 Å². The number of ether oxygens (including phenoxy) is 1. The molecule has 2 aliphatic rings. The largest absolute Gasteiger partial charge is 0.496 e. The molecule has 5 nitrogen and oxygen atoms in total. The second-order valence-corrected chi connectivity index (χ2v) is 6.60. The van der Waals surface area contributed by atoms with Gasteiger partial charge in [0.05, 0.1) is 13.5 Å². The van der Waals surface area contributed by atoms with Crippen LogP contribution in [0.4, 0.5) is 0 Å². The smallest absolute Gasteiger partial charge is 0.243 e. The highest BCUT2D eigenvalue weighted by Gasteiger charge is 2.36. The number of nitrogens with one attached hydrogen (secondary N) is 1. The van der Waals surface area contributed by atoms with Crippen LogP contribution in [0.2, 0.25) is 5.02 Å². The van der Waals surface area contributed by atoms with Crippen molar-refractivity contribution in [2.75, 3.05) is 13.7 Å². The standard InChI is InChI=1S/C17H21ClN2O3/c1-23-15-7-4-12(18)9-11(15)10-16(21)20-8-2-3-14(20)17(22)19-13-5-6-13/h4,7,9,13-14H,2-3,5-6,8,10H2,1H3,(H,19,22). The van der Waals surface area contributed by atoms with Gasteiger partial charge in [0, 0.05) is 23.2 Å². The SMILES string of the molecule is COc1ccc(Cl)cc1CC(=O)N1CCCC1C(=O)NC1CC1. The molecule has 0 aromatic heterocycles. The molecule has 2 amide bonds. The average Bonchev–Trinajstić information content (AvgIpc) is 3.19. The number of hydrogen-bond acceptors (Lipinski definition) is 3. The van der Waals surface area contributed by atoms with E-state index in [0.717, 1.165) is 31.2 Å². The van der Waals surface area contributed by atoms with E-state index in [2.05, 4.69) is 5.32 Å². The molecular formula is C17H21ClN2O3. The minimum atomic E-state index is -0.340. The molecule has 3 rings (SSSR count). The van der Waals surface area contributed by atoms with Gasteiger partial charge in [-0.05, 0) is 43.9 Å². The highest BCUT2D eigenvalue weighted by molar-refractivity contribution is 6.30. The third-order valence-corrected chi connectivity index (χ3v) is 4.62. The number of halogens is 1. The summed E-state index contributed by atoms with van der Waals surface area (Å²) in [5, 5.41) is 3.57. The summed E-state index contributed by atoms with van der Waals surface area (Å²) in [6.45, 7) is 0.629. The van der Waals surface area contributed by atoms with Crippen molar-refractivity contribution < 1.29 is 14.3 Å². The van der Waals surface area contributed by atoms with E-state index in [1.807, 2.05) is 0 Å². The summed E-state index contributed by atoms with van der Waals surface area (Å²) < 4.78 is 5.29. The van der Waals surface area contributed by atoms with Crippen molar-refractivity contribution in [3.63, 3.8) is 0 Å². The van der Waals surface area contributed by atoms with Crippen LogP contribution < -0.4 is 10.1 Å². The van der Waals surface area contributed by atoms with E-state index in [1.54, 1.807) is 30.2 Å². The third kappa shape index (κ3) is 3.78. The van der Waals surface area contributed by atoms with Crippen LogP contribution in [0.1, 0.15) is 31.2 Å². The first-order valence-electron chi connectivity index (χ1n) is 8.00. The minimum absolute atomic E-state index is 0.0172. The summed E-state index contributed by atoms with van der Waals surface area (Å²) >= 11 is 6.02. The molecule has 23 heavy (non-hydrogen) atoms. The van der Waals surface area contributed by atoms with Crippen LogP contribution in [-0.2, 0) is 16.0 Å². The van der Waals surface area contributed by atoms with Crippen LogP contribution in [0.25, 0.3) is 0 Å². The number of carbonyl (C=O) groups is 2. The van der Waals surface area contributed by atoms with Crippen molar-refractivity contribution in [2.45, 2.75) is 44.2 Å². The first-order valence-corrected chi connectivity index (χ1v) is 8.38. The fourth-order valence-corrected chi connectivity index (χ4v) is 3.21. The van der Waals surface area contributed by atoms with Crippen LogP contribution in [0, 0.1) is 0 Å². The summed E-state index contributed by atoms with van der Waals surface area (Å²) in [4.78, 5) is 26.6. The molecule has 1 aromatic carbocycles. The molecule has 1 aliphatic carbocycles. The lowest BCUT2D eigenvalue weighted by Crippen LogP contribution is -2.47. The van der Waals surface area contributed by atoms with Crippen LogP contribution >= 0.6 is 11.6 Å². The summed E-state index contributed by atoms with van der Waals surface area (Å²) in [6.07, 6.45) is 3.88. The van der Waals surface area contributed by atoms with Gasteiger partial charge in [-0.1, -0.05) is 11.6 Å². The van der Waals surface area contributed by atoms with Crippen molar-refractivity contribution in [2.24, 2.45) is 0 Å². The molecule has 1 saturated heterocycles. The molecule has 124 valence electrons. The lowest BCUT2D eigenvalue weighted by Gasteiger charge is -2.24. The van der Waals surface area contributed by atoms with Gasteiger partial charge in [-0.2, -0.15) is 0 Å². The molecule has 1 heterocycles. The Morgan fingerprint density at radius 1 is 1.35 bits per heavy atom. The van der Waals surface area contributed by atoms with E-state index in [9.17, 15) is 9.59 Å². The van der Waals surface area contributed by atoms with E-state index in [-0.39, 0.29) is 24.3 Å². The lowest BCUT2D eigenvalue weighted by molar-refractivity contribution is -0.138. The molecule has 1 N–H and O–H groups in total. The summed E-state index contributed by atoms with van der Waals surface area (Å²) in [5.41, 5.74) is 0.748. The van der Waals surface area contributed by atoms with Gasteiger partial charge in [0.2, 0.25) is 11.8 Å². The van der Waals surface area contributed by atoms with E-state index >= 15 is 0 Å². The van der Waals surface area contributed by atoms with Gasteiger partial charge in [0.1, 0.15) is 11.8 Å². The fraction of sp³-hybridized carbons (Fsp3) is 0.529. The van der Waals surface area contributed by atoms with Crippen molar-refractivity contribution in [1.82, 2.24) is 10.2 Å². The molecule has 0 radical (unpaired) electrons. The molecule has 1 aliphatic heterocycles. The summed E-state index contributed by atoms with van der Waals surface area (Å²) in [6, 6.07) is 5.21. The van der Waals surface area contributed by atoms with Crippen LogP contribution in [0.3, 0.4) is 0 Å². The number of amides is 2. The van der Waals surface area contributed by atoms with E-state index < -0.39 is 0 Å². The Morgan fingerprint density at radius 2 is 2.13 bits per heavy atom. The zero-order chi connectivity index (χ0) is 16.4. The van der Waals surface area contributed by atoms with Gasteiger partial charge in [0.15, 0.2) is 0 Å². The third-order valence-electron chi connectivity index (χ3n) is 4.38. The van der Waals surface area contributed by atoms with Gasteiger partial charge < -0.3 is 15.0 Å². The Labute approximate surface area is 140 Å². The maximum atomic E-state index is 12.7. The highest BCUT2D eigenvalue weighted by atomic mass is 35.5. The summed E-state index contributed by atoms with van der Waals surface area (Å²) in [7, 11) is 1.57. The second kappa shape index (κ2) is 6.79. The maximum absolute atomic E-state index is 12.7. The predicted molar refractivity (Wildman–Crippen MR) is 87.6 cm³/mol. The van der Waals surface area contributed by atoms with Gasteiger partial charge >= 0.3 is 0 Å². The van der Waals surface area contributed by atoms with Crippen LogP contribution in [0.15, 0.2) is 18.2 Å². The molecule has 1 saturated carbocycles. The second-order valence-electron chi connectivity index (χ2n) is 6.16. The molecule has 1 unspecified atom stereocenters. The molecule has 0 bridgehead atoms. The number of hydrogen-bond donors (Lipinski definition) is 1. The molecular weight excluding hydrogens is 316 g/mol. The average molecular weight is 337 g/mol. The predicted octanol–water partition coefficient (Wildman–Crippen LogP) is 2.16. The Kier molecular flexibility index (Phi) is 4.76. The zero-order valence-electron chi connectivity index (χ0n) is 13.2. The number of nitrogens with zero attached hydrogens (tertiary/aromatic N) is 1. The van der Waals surface area contributed by atoms with E-state index in [0.29, 0.717) is 23.4 Å². The first kappa shape index (κ1) is 16.1. The van der Waals surface area contributed by atoms with Crippen molar-refractivity contribution >= 4 is 23.4 Å². The van der Waals surface area contributed by atoms with E-state index in [1.165, 1.54) is 0 Å². The number of rotatable bonds is 5. The Balaban J connectivity index is 1.69. The minimum Gasteiger partial charge on any atom is -0.496 e. The van der Waals surface area contributed by atoms with Crippen LogP contribution in [-0.4, -0.2) is 42.5 Å². The topological polar surface area (TPSA) is 58.6 Å². The Morgan fingerprint density at radius 3 is 2.83 bits per heavy atom. The maximum Gasteiger partial charge on any atom is 0.243 e. The van der Waals surface area contributed by atoms with Crippen LogP contribution in [0.5, 0.6) is 5.75 Å². The molecule has 6 heteroatoms. The van der Waals surface area contributed by atoms with Crippen molar-refractivity contribution in [3.05, 3.63) is 28.8 Å². The first-order chi connectivity index (χ1) is 11.1. The number of methoxy groups -OCH3 is 1. The lowest BCUT2D eigenvalue weighted by atomic mass is 10.1. The van der Waals surface area contributed by atoms with Crippen molar-refractivity contribution in [1.29, 1.82) is 0 Å². The quantitative estimate of drug-likeness (QED) is 0.896. The summed E-state index contributed by atoms with van der Waals surface area (Å²) in [5.74, 6) is 0.566. The van der Waals surface area contributed by atoms with Gasteiger partial charge in [0.25, 0.3) is 0 Å². The Bertz CT molecular complexity index is 616. The van der Waals surface area contributed by atoms with Gasteiger partial charge in [-0.3, -0.25) is 9.59 Å². The Hall–Kier alpha value is -1.75. The number of benzene rings is 1. The molecule has 2 fully saturated rings. The fourth-order valence-electron chi connectivity index (χ4n) is 3.01. The van der Waals surface area contributed by atoms with Crippen molar-refractivity contribution in [3.8, 4) is 5.75 Å². The molecule has 1 atom stereocenters. The molecule has 1 aromatic rings.